The maximum atomic E-state index is 13.1. The maximum absolute atomic E-state index is 13.1. The third-order valence-corrected chi connectivity index (χ3v) is 17.2. The summed E-state index contributed by atoms with van der Waals surface area (Å²) in [6.45, 7) is 56.6. The fraction of sp³-hybridized carbons (Fsp3) is 0.393. The van der Waals surface area contributed by atoms with Crippen LogP contribution in [0.3, 0.4) is 0 Å². The van der Waals surface area contributed by atoms with Crippen LogP contribution >= 0.6 is 34.2 Å². The molecule has 1 aromatic heterocycles. The molecule has 14 heteroatoms. The summed E-state index contributed by atoms with van der Waals surface area (Å²) in [5, 5.41) is 9.73. The molecule has 8 aromatic carbocycles. The van der Waals surface area contributed by atoms with Crippen LogP contribution in [0, 0.1) is 99.0 Å². The number of aromatic nitrogens is 2. The molecule has 0 amide bonds. The summed E-state index contributed by atoms with van der Waals surface area (Å²) in [5.74, 6) is 0.738. The monoisotopic (exact) mass is 1550 g/mol. The van der Waals surface area contributed by atoms with Gasteiger partial charge in [-0.15, -0.1) is 0 Å². The molecule has 0 N–H and O–H groups in total. The van der Waals surface area contributed by atoms with E-state index in [4.69, 9.17) is 23.4 Å². The molecule has 0 saturated carbocycles. The lowest BCUT2D eigenvalue weighted by atomic mass is 9.96. The number of benzene rings is 8. The van der Waals surface area contributed by atoms with Crippen LogP contribution in [0.2, 0.25) is 5.02 Å². The molecule has 0 unspecified atom stereocenters. The van der Waals surface area contributed by atoms with Crippen LogP contribution in [-0.2, 0) is 6.18 Å². The van der Waals surface area contributed by atoms with Gasteiger partial charge in [0, 0.05) is 27.2 Å². The summed E-state index contributed by atoms with van der Waals surface area (Å²) in [7, 11) is 0. The van der Waals surface area contributed by atoms with Gasteiger partial charge in [0.25, 0.3) is 0 Å². The zero-order chi connectivity index (χ0) is 78.9. The second-order valence-corrected chi connectivity index (χ2v) is 30.0. The van der Waals surface area contributed by atoms with Gasteiger partial charge in [-0.2, -0.15) is 18.4 Å². The van der Waals surface area contributed by atoms with Gasteiger partial charge in [0.1, 0.15) is 17.5 Å². The molecule has 0 bridgehead atoms. The van der Waals surface area contributed by atoms with Crippen molar-refractivity contribution in [1.82, 2.24) is 9.97 Å². The van der Waals surface area contributed by atoms with Gasteiger partial charge in [-0.05, 0) is 246 Å². The molecule has 0 saturated heterocycles. The smallest absolute Gasteiger partial charge is 0.261 e. The molecular formula is C89H110ClF8IN4. The third kappa shape index (κ3) is 34.2. The van der Waals surface area contributed by atoms with Crippen LogP contribution in [0.1, 0.15) is 278 Å². The molecule has 0 aliphatic heterocycles. The van der Waals surface area contributed by atoms with Gasteiger partial charge in [-0.25, -0.2) is 26.8 Å². The Morgan fingerprint density at radius 1 is 0.417 bits per heavy atom. The highest BCUT2D eigenvalue weighted by atomic mass is 127. The van der Waals surface area contributed by atoms with Crippen molar-refractivity contribution >= 4 is 39.9 Å². The number of rotatable bonds is 9. The number of alkyl halides is 3. The van der Waals surface area contributed by atoms with Gasteiger partial charge in [-0.3, -0.25) is 9.97 Å². The molecule has 9 rings (SSSR count). The first-order valence-corrected chi connectivity index (χ1v) is 36.4. The van der Waals surface area contributed by atoms with Gasteiger partial charge in [0.2, 0.25) is 5.69 Å². The van der Waals surface area contributed by atoms with Gasteiger partial charge in [-0.1, -0.05) is 238 Å². The molecule has 0 radical (unpaired) electrons. The minimum atomic E-state index is -4.24. The molecule has 556 valence electrons. The minimum Gasteiger partial charge on any atom is -0.261 e. The average Bonchev–Trinajstić information content (AvgIpc) is 0.836. The highest BCUT2D eigenvalue weighted by Crippen LogP contribution is 2.33. The molecule has 0 aliphatic carbocycles. The predicted octanol–water partition coefficient (Wildman–Crippen LogP) is 29.6. The van der Waals surface area contributed by atoms with E-state index >= 15 is 0 Å². The van der Waals surface area contributed by atoms with E-state index in [1.54, 1.807) is 69.7 Å². The Bertz CT molecular complexity index is 4040. The number of halogens is 10. The second-order valence-electron chi connectivity index (χ2n) is 28.3. The Morgan fingerprint density at radius 2 is 0.903 bits per heavy atom. The quantitative estimate of drug-likeness (QED) is 0.0822. The molecule has 9 aromatic rings. The first kappa shape index (κ1) is 93.3. The SMILES string of the molecule is CC(C)c1ccc(I)cc1.CC(C)c1cnccn1.Cc1cc(C(C)C)cc(C(F)(F)F)c1.Cc1cc(F)c(C(C)C)cc1F.Cc1ccc(C(C)C)c(C#N)c1.Cc1ccc(C(C)C)c(C)c1.Cc1ccc(C(C)C)c(Cl)c1.Cc1ccc(C(C)C)c(F)c1F.[C-]#[N+]c1cc(C(C)C)ccc1F. The highest BCUT2D eigenvalue weighted by Gasteiger charge is 2.31. The molecule has 1 heterocycles. The summed E-state index contributed by atoms with van der Waals surface area (Å²) in [4.78, 5) is 11.1. The van der Waals surface area contributed by atoms with Crippen LogP contribution in [0.4, 0.5) is 40.8 Å². The van der Waals surface area contributed by atoms with Crippen LogP contribution in [0.25, 0.3) is 4.85 Å². The summed E-state index contributed by atoms with van der Waals surface area (Å²) >= 11 is 8.34. The molecule has 0 atom stereocenters. The van der Waals surface area contributed by atoms with E-state index in [0.29, 0.717) is 63.3 Å². The lowest BCUT2D eigenvalue weighted by Crippen LogP contribution is -2.06. The van der Waals surface area contributed by atoms with Crippen molar-refractivity contribution in [3.63, 3.8) is 0 Å². The van der Waals surface area contributed by atoms with Crippen molar-refractivity contribution in [2.75, 3.05) is 0 Å². The minimum absolute atomic E-state index is 0.0279. The maximum Gasteiger partial charge on any atom is 0.416 e. The van der Waals surface area contributed by atoms with Crippen molar-refractivity contribution < 1.29 is 35.1 Å². The topological polar surface area (TPSA) is 53.9 Å². The number of hydrogen-bond donors (Lipinski definition) is 0. The number of nitrogens with zero attached hydrogens (tertiary/aromatic N) is 4. The lowest BCUT2D eigenvalue weighted by Gasteiger charge is -2.12. The van der Waals surface area contributed by atoms with Gasteiger partial charge in [0.05, 0.1) is 29.5 Å². The number of hydrogen-bond acceptors (Lipinski definition) is 3. The van der Waals surface area contributed by atoms with Gasteiger partial charge < -0.3 is 0 Å². The van der Waals surface area contributed by atoms with E-state index in [1.807, 2.05) is 80.5 Å². The first-order valence-electron chi connectivity index (χ1n) is 35.0. The molecule has 103 heavy (non-hydrogen) atoms. The Morgan fingerprint density at radius 3 is 1.34 bits per heavy atom. The third-order valence-electron chi connectivity index (χ3n) is 16.2. The normalized spacial score (nSPS) is 10.7. The van der Waals surface area contributed by atoms with E-state index in [-0.39, 0.29) is 35.1 Å². The van der Waals surface area contributed by atoms with E-state index in [1.165, 1.54) is 67.3 Å². The van der Waals surface area contributed by atoms with Crippen LogP contribution < -0.4 is 0 Å². The van der Waals surface area contributed by atoms with E-state index in [0.717, 1.165) is 38.5 Å². The summed E-state index contributed by atoms with van der Waals surface area (Å²) < 4.78 is 104. The van der Waals surface area contributed by atoms with Crippen molar-refractivity contribution in [2.45, 2.75) is 233 Å². The lowest BCUT2D eigenvalue weighted by molar-refractivity contribution is -0.137. The fourth-order valence-corrected chi connectivity index (χ4v) is 10.6. The van der Waals surface area contributed by atoms with Gasteiger partial charge in [0.15, 0.2) is 11.6 Å². The Labute approximate surface area is 632 Å². The summed E-state index contributed by atoms with van der Waals surface area (Å²) in [6, 6.07) is 44.4. The van der Waals surface area contributed by atoms with Crippen LogP contribution in [0.15, 0.2) is 158 Å². The second kappa shape index (κ2) is 46.2. The molecule has 0 fully saturated rings. The van der Waals surface area contributed by atoms with Crippen molar-refractivity contribution in [1.29, 1.82) is 5.26 Å². The Hall–Kier alpha value is -7.72. The molecule has 0 aliphatic rings. The number of aryl methyl sites for hydroxylation is 7. The van der Waals surface area contributed by atoms with Crippen LogP contribution in [-0.4, -0.2) is 9.97 Å². The van der Waals surface area contributed by atoms with Crippen molar-refractivity contribution in [3.05, 3.63) is 307 Å². The zero-order valence-corrected chi connectivity index (χ0v) is 68.2. The number of nitriles is 1. The highest BCUT2D eigenvalue weighted by molar-refractivity contribution is 14.1. The van der Waals surface area contributed by atoms with Crippen molar-refractivity contribution in [3.8, 4) is 6.07 Å². The summed E-state index contributed by atoms with van der Waals surface area (Å²) in [6.07, 6.45) is 0.960. The molecule has 4 nitrogen and oxygen atoms in total. The van der Waals surface area contributed by atoms with E-state index in [2.05, 4.69) is 194 Å². The van der Waals surface area contributed by atoms with Crippen LogP contribution in [0.5, 0.6) is 0 Å². The first-order chi connectivity index (χ1) is 47.9. The Balaban J connectivity index is 0.000000580. The standard InChI is InChI=1S/C11H13F3.C11H13N.C11H16.C10H13Cl.2C10H12F2.C10H10FN.C9H11I.C7H10N2/c1-7(2)9-4-8(3)5-10(6-9)11(12,13)14;1-8(2)11-5-4-9(3)6-10(11)7-12;1-8(2)11-6-5-9(3)7-10(11)4;1-7(2)9-5-4-8(3)6-10(9)11;1-6(2)8-5-9(11)7(3)4-10(8)12;1-6(2)8-5-4-7(3)9(11)10(8)12;1-7(2)8-4-5-9(11)10(6-8)12-3;1-7(2)8-3-5-9(10)6-4-8;1-6(2)7-5-8-3-4-9-7/h4-7H,1-3H3;4-6,8H,1-3H3;5-8H,1-4H3;4-7H,1-3H3;2*4-6H,1-3H3;4-7H,1-2H3;3-7H,1-2H3;3-6H,1-2H3. The summed E-state index contributed by atoms with van der Waals surface area (Å²) in [5.41, 5.74) is 15.8. The van der Waals surface area contributed by atoms with Crippen molar-refractivity contribution in [2.24, 2.45) is 0 Å². The molecule has 0 spiro atoms. The largest absolute Gasteiger partial charge is 0.416 e. The average molecular weight is 1550 g/mol. The van der Waals surface area contributed by atoms with Gasteiger partial charge >= 0.3 is 6.18 Å². The van der Waals surface area contributed by atoms with E-state index in [9.17, 15) is 35.1 Å². The predicted molar refractivity (Wildman–Crippen MR) is 427 cm³/mol. The molecular weight excluding hydrogens is 1440 g/mol. The fourth-order valence-electron chi connectivity index (χ4n) is 9.80. The Kier molecular flexibility index (Phi) is 41.8. The van der Waals surface area contributed by atoms with E-state index < -0.39 is 29.2 Å². The zero-order valence-electron chi connectivity index (χ0n) is 65.3.